The Morgan fingerprint density at radius 1 is 1.18 bits per heavy atom. The largest absolute Gasteiger partial charge is 0.345 e. The highest BCUT2D eigenvalue weighted by Crippen LogP contribution is 2.26. The number of nitrogens with zero attached hydrogens (tertiary/aromatic N) is 8. The standard InChI is InChI=1S/C20H21N9O4S/c1-13-3-5-14(6-4-13)34(31,32)33-10-9-27-19-25-18-17(29(19)26(2)20(27)30)16(24-12-28(18)21)15-11-22-7-8-23-15/h3-8,11H,9-10,12,21H2,1-2H3. The lowest BCUT2D eigenvalue weighted by Crippen LogP contribution is -2.37. The van der Waals surface area contributed by atoms with Gasteiger partial charge in [0.05, 0.1) is 24.2 Å². The number of imidazole rings is 1. The molecule has 4 heterocycles. The van der Waals surface area contributed by atoms with Gasteiger partial charge in [0.15, 0.2) is 5.82 Å². The summed E-state index contributed by atoms with van der Waals surface area (Å²) < 4.78 is 34.4. The Morgan fingerprint density at radius 2 is 1.94 bits per heavy atom. The van der Waals surface area contributed by atoms with Gasteiger partial charge in [-0.05, 0) is 19.1 Å². The number of anilines is 1. The van der Waals surface area contributed by atoms with Gasteiger partial charge >= 0.3 is 5.69 Å². The highest BCUT2D eigenvalue weighted by Gasteiger charge is 2.30. The second-order valence-electron chi connectivity index (χ2n) is 7.65. The first-order chi connectivity index (χ1) is 16.3. The smallest absolute Gasteiger partial charge is 0.271 e. The van der Waals surface area contributed by atoms with Crippen molar-refractivity contribution in [2.75, 3.05) is 18.3 Å². The number of benzene rings is 1. The van der Waals surface area contributed by atoms with Crippen molar-refractivity contribution in [2.24, 2.45) is 17.9 Å². The van der Waals surface area contributed by atoms with Gasteiger partial charge in [-0.15, -0.1) is 0 Å². The van der Waals surface area contributed by atoms with Crippen LogP contribution in [0.15, 0.2) is 57.5 Å². The molecular formula is C20H21N9O4S. The third kappa shape index (κ3) is 3.57. The molecule has 0 amide bonds. The van der Waals surface area contributed by atoms with Gasteiger partial charge in [-0.1, -0.05) is 17.7 Å². The van der Waals surface area contributed by atoms with Crippen molar-refractivity contribution >= 4 is 27.4 Å². The van der Waals surface area contributed by atoms with Crippen molar-refractivity contribution in [1.29, 1.82) is 0 Å². The summed E-state index contributed by atoms with van der Waals surface area (Å²) in [6, 6.07) is 6.32. The molecular weight excluding hydrogens is 462 g/mol. The first kappa shape index (κ1) is 21.9. The molecule has 13 nitrogen and oxygen atoms in total. The molecule has 1 aliphatic rings. The van der Waals surface area contributed by atoms with Gasteiger partial charge < -0.3 is 0 Å². The van der Waals surface area contributed by atoms with E-state index in [-0.39, 0.29) is 30.5 Å². The number of aryl methyl sites for hydroxylation is 2. The van der Waals surface area contributed by atoms with Crippen LogP contribution < -0.4 is 16.5 Å². The molecule has 1 aromatic carbocycles. The normalized spacial score (nSPS) is 13.9. The van der Waals surface area contributed by atoms with Crippen LogP contribution in [-0.2, 0) is 27.9 Å². The van der Waals surface area contributed by atoms with Crippen LogP contribution in [0.5, 0.6) is 0 Å². The SMILES string of the molecule is Cc1ccc(S(=O)(=O)OCCn2c(=O)n(C)n3c4c(nc23)N(N)CN=C4c2cnccn2)cc1. The van der Waals surface area contributed by atoms with E-state index in [1.807, 2.05) is 6.92 Å². The maximum atomic E-state index is 13.0. The van der Waals surface area contributed by atoms with Crippen molar-refractivity contribution in [3.8, 4) is 0 Å². The van der Waals surface area contributed by atoms with Crippen LogP contribution in [0.4, 0.5) is 5.82 Å². The summed E-state index contributed by atoms with van der Waals surface area (Å²) in [7, 11) is -2.40. The number of hydrogen-bond acceptors (Lipinski definition) is 10. The van der Waals surface area contributed by atoms with Gasteiger partial charge in [-0.3, -0.25) is 28.7 Å². The van der Waals surface area contributed by atoms with Crippen LogP contribution in [-0.4, -0.2) is 56.1 Å². The zero-order valence-corrected chi connectivity index (χ0v) is 19.2. The van der Waals surface area contributed by atoms with E-state index >= 15 is 0 Å². The summed E-state index contributed by atoms with van der Waals surface area (Å²) in [5.41, 5.74) is 2.00. The van der Waals surface area contributed by atoms with Gasteiger partial charge in [-0.2, -0.15) is 13.4 Å². The first-order valence-corrected chi connectivity index (χ1v) is 11.7. The van der Waals surface area contributed by atoms with E-state index in [1.165, 1.54) is 26.4 Å². The summed E-state index contributed by atoms with van der Waals surface area (Å²) >= 11 is 0. The van der Waals surface area contributed by atoms with Crippen molar-refractivity contribution < 1.29 is 12.6 Å². The minimum Gasteiger partial charge on any atom is -0.271 e. The Balaban J connectivity index is 1.49. The van der Waals surface area contributed by atoms with E-state index in [2.05, 4.69) is 19.9 Å². The third-order valence-corrected chi connectivity index (χ3v) is 6.74. The molecule has 3 aromatic heterocycles. The second kappa shape index (κ2) is 8.16. The number of fused-ring (bicyclic) bond motifs is 3. The van der Waals surface area contributed by atoms with Gasteiger partial charge in [0.1, 0.15) is 23.8 Å². The Kier molecular flexibility index (Phi) is 5.27. The van der Waals surface area contributed by atoms with Gasteiger partial charge in [0, 0.05) is 19.4 Å². The number of aliphatic imine (C=N–C) groups is 1. The number of nitrogens with two attached hydrogens (primary N) is 1. The lowest BCUT2D eigenvalue weighted by Gasteiger charge is -2.21. The van der Waals surface area contributed by atoms with E-state index in [9.17, 15) is 13.2 Å². The summed E-state index contributed by atoms with van der Waals surface area (Å²) in [6.07, 6.45) is 4.65. The highest BCUT2D eigenvalue weighted by atomic mass is 32.2. The molecule has 0 atom stereocenters. The van der Waals surface area contributed by atoms with Crippen LogP contribution in [0, 0.1) is 6.92 Å². The monoisotopic (exact) mass is 483 g/mol. The Morgan fingerprint density at radius 3 is 2.65 bits per heavy atom. The summed E-state index contributed by atoms with van der Waals surface area (Å²) in [4.78, 5) is 30.4. The molecule has 0 spiro atoms. The fraction of sp³-hybridized carbons (Fsp3) is 0.250. The minimum atomic E-state index is -3.97. The van der Waals surface area contributed by atoms with E-state index in [4.69, 9.17) is 10.0 Å². The van der Waals surface area contributed by atoms with Gasteiger partial charge in [-0.25, -0.2) is 19.8 Å². The average Bonchev–Trinajstić information content (AvgIpc) is 3.32. The fourth-order valence-corrected chi connectivity index (χ4v) is 4.62. The van der Waals surface area contributed by atoms with Crippen molar-refractivity contribution in [3.05, 3.63) is 70.3 Å². The third-order valence-electron chi connectivity index (χ3n) is 5.41. The molecule has 0 saturated heterocycles. The molecule has 0 radical (unpaired) electrons. The van der Waals surface area contributed by atoms with Crippen molar-refractivity contribution in [3.63, 3.8) is 0 Å². The van der Waals surface area contributed by atoms with E-state index in [0.29, 0.717) is 22.9 Å². The predicted molar refractivity (Wildman–Crippen MR) is 122 cm³/mol. The topological polar surface area (TPSA) is 155 Å². The quantitative estimate of drug-likeness (QED) is 0.290. The van der Waals surface area contributed by atoms with Crippen LogP contribution in [0.2, 0.25) is 0 Å². The molecule has 1 aliphatic heterocycles. The van der Waals surface area contributed by atoms with Crippen LogP contribution >= 0.6 is 0 Å². The maximum absolute atomic E-state index is 13.0. The van der Waals surface area contributed by atoms with E-state index in [0.717, 1.165) is 5.56 Å². The average molecular weight is 484 g/mol. The molecule has 0 fully saturated rings. The summed E-state index contributed by atoms with van der Waals surface area (Å²) in [6.45, 7) is 1.69. The van der Waals surface area contributed by atoms with E-state index in [1.54, 1.807) is 42.3 Å². The number of hydrogen-bond donors (Lipinski definition) is 1. The number of rotatable bonds is 6. The summed E-state index contributed by atoms with van der Waals surface area (Å²) in [5, 5.41) is 1.36. The number of hydrazine groups is 1. The molecule has 4 aromatic rings. The van der Waals surface area contributed by atoms with Gasteiger partial charge in [0.2, 0.25) is 5.78 Å². The Hall–Kier alpha value is -3.88. The molecule has 2 N–H and O–H groups in total. The van der Waals surface area contributed by atoms with Crippen LogP contribution in [0.1, 0.15) is 17.0 Å². The molecule has 5 rings (SSSR count). The fourth-order valence-electron chi connectivity index (χ4n) is 3.72. The predicted octanol–water partition coefficient (Wildman–Crippen LogP) is -0.173. The molecule has 0 bridgehead atoms. The highest BCUT2D eigenvalue weighted by molar-refractivity contribution is 7.86. The zero-order valence-electron chi connectivity index (χ0n) is 18.4. The molecule has 0 aliphatic carbocycles. The molecule has 34 heavy (non-hydrogen) atoms. The lowest BCUT2D eigenvalue weighted by atomic mass is 10.2. The summed E-state index contributed by atoms with van der Waals surface area (Å²) in [5.74, 6) is 6.77. The minimum absolute atomic E-state index is 0.0449. The first-order valence-electron chi connectivity index (χ1n) is 10.3. The Bertz CT molecular complexity index is 1570. The Labute approximate surface area is 193 Å². The maximum Gasteiger partial charge on any atom is 0.345 e. The molecule has 14 heteroatoms. The van der Waals surface area contributed by atoms with Crippen LogP contribution in [0.25, 0.3) is 5.78 Å². The number of aromatic nitrogens is 6. The van der Waals surface area contributed by atoms with Crippen LogP contribution in [0.3, 0.4) is 0 Å². The second-order valence-corrected chi connectivity index (χ2v) is 9.27. The molecule has 0 saturated carbocycles. The van der Waals surface area contributed by atoms with Crippen molar-refractivity contribution in [1.82, 2.24) is 28.7 Å². The van der Waals surface area contributed by atoms with Gasteiger partial charge in [0.25, 0.3) is 10.1 Å². The molecule has 0 unspecified atom stereocenters. The molecule has 176 valence electrons. The van der Waals surface area contributed by atoms with Crippen molar-refractivity contribution in [2.45, 2.75) is 18.4 Å². The van der Waals surface area contributed by atoms with E-state index < -0.39 is 15.8 Å². The lowest BCUT2D eigenvalue weighted by molar-refractivity contribution is 0.300. The zero-order chi connectivity index (χ0) is 24.0.